The first kappa shape index (κ1) is 20.3. The van der Waals surface area contributed by atoms with Gasteiger partial charge in [-0.25, -0.2) is 4.39 Å². The van der Waals surface area contributed by atoms with Gasteiger partial charge >= 0.3 is 0 Å². The van der Waals surface area contributed by atoms with Gasteiger partial charge in [0.1, 0.15) is 18.2 Å². The van der Waals surface area contributed by atoms with Crippen LogP contribution in [0.25, 0.3) is 17.2 Å². The highest BCUT2D eigenvalue weighted by molar-refractivity contribution is 6.03. The number of amidine groups is 1. The highest BCUT2D eigenvalue weighted by Crippen LogP contribution is 2.40. The van der Waals surface area contributed by atoms with Crippen LogP contribution in [-0.2, 0) is 10.6 Å². The van der Waals surface area contributed by atoms with Crippen LogP contribution < -0.4 is 4.74 Å². The first-order valence-electron chi connectivity index (χ1n) is 10.4. The van der Waals surface area contributed by atoms with Crippen molar-refractivity contribution in [2.45, 2.75) is 18.6 Å². The maximum Gasteiger partial charge on any atom is 0.260 e. The fraction of sp³-hybridized carbons (Fsp3) is 0.250. The van der Waals surface area contributed by atoms with Crippen LogP contribution in [0.1, 0.15) is 24.0 Å². The van der Waals surface area contributed by atoms with Gasteiger partial charge in [-0.05, 0) is 66.5 Å². The Labute approximate surface area is 184 Å². The van der Waals surface area contributed by atoms with Crippen molar-refractivity contribution in [1.82, 2.24) is 15.1 Å². The maximum absolute atomic E-state index is 13.4. The molecule has 0 radical (unpaired) electrons. The molecule has 2 N–H and O–H groups in total. The Morgan fingerprint density at radius 2 is 2.12 bits per heavy atom. The highest BCUT2D eigenvalue weighted by atomic mass is 19.1. The molecule has 1 fully saturated rings. The van der Waals surface area contributed by atoms with E-state index in [1.165, 1.54) is 12.1 Å². The molecule has 7 nitrogen and oxygen atoms in total. The molecule has 3 aromatic rings. The number of methoxy groups -OCH3 is 1. The first-order chi connectivity index (χ1) is 15.6. The van der Waals surface area contributed by atoms with Crippen LogP contribution in [0.5, 0.6) is 5.75 Å². The standard InChI is InChI=1S/C24H23FN4O3/c1-31-22-12-16(4-9-21(22)18-13-26-27-14-18)11-17-3-2-10-29-23(17)28-32-24(29,15-30)19-5-7-20(25)8-6-19/h4-9,11-14,30H,2-3,10,15H2,1H3,(H,26,27). The van der Waals surface area contributed by atoms with E-state index in [1.807, 2.05) is 29.3 Å². The van der Waals surface area contributed by atoms with Crippen LogP contribution in [0.3, 0.4) is 0 Å². The summed E-state index contributed by atoms with van der Waals surface area (Å²) in [5, 5.41) is 21.4. The zero-order chi connectivity index (χ0) is 22.1. The van der Waals surface area contributed by atoms with Crippen molar-refractivity contribution in [2.24, 2.45) is 5.16 Å². The lowest BCUT2D eigenvalue weighted by Crippen LogP contribution is -2.51. The number of ether oxygens (including phenoxy) is 1. The minimum Gasteiger partial charge on any atom is -0.496 e. The predicted octanol–water partition coefficient (Wildman–Crippen LogP) is 3.89. The van der Waals surface area contributed by atoms with Crippen molar-refractivity contribution in [1.29, 1.82) is 0 Å². The van der Waals surface area contributed by atoms with Crippen LogP contribution in [0.2, 0.25) is 0 Å². The second-order valence-corrected chi connectivity index (χ2v) is 7.83. The molecule has 0 amide bonds. The van der Waals surface area contributed by atoms with Gasteiger partial charge < -0.3 is 19.6 Å². The summed E-state index contributed by atoms with van der Waals surface area (Å²) in [6, 6.07) is 12.0. The van der Waals surface area contributed by atoms with Gasteiger partial charge in [-0.15, -0.1) is 0 Å². The number of fused-ring (bicyclic) bond motifs is 1. The van der Waals surface area contributed by atoms with E-state index >= 15 is 0 Å². The quantitative estimate of drug-likeness (QED) is 0.637. The Bertz CT molecular complexity index is 1170. The number of hydrogen-bond donors (Lipinski definition) is 2. The maximum atomic E-state index is 13.4. The molecule has 3 heterocycles. The minimum absolute atomic E-state index is 0.299. The van der Waals surface area contributed by atoms with Gasteiger partial charge in [-0.2, -0.15) is 5.10 Å². The van der Waals surface area contributed by atoms with E-state index < -0.39 is 5.72 Å². The number of aliphatic hydroxyl groups is 1. The summed E-state index contributed by atoms with van der Waals surface area (Å²) in [5.74, 6) is 1.09. The molecule has 2 aromatic carbocycles. The van der Waals surface area contributed by atoms with Crippen molar-refractivity contribution in [3.05, 3.63) is 77.4 Å². The molecule has 2 aliphatic rings. The third kappa shape index (κ3) is 3.33. The Morgan fingerprint density at radius 3 is 2.84 bits per heavy atom. The largest absolute Gasteiger partial charge is 0.496 e. The van der Waals surface area contributed by atoms with Gasteiger partial charge in [0.15, 0.2) is 5.84 Å². The zero-order valence-electron chi connectivity index (χ0n) is 17.6. The Kier molecular flexibility index (Phi) is 5.14. The van der Waals surface area contributed by atoms with Gasteiger partial charge in [0.2, 0.25) is 0 Å². The number of aromatic nitrogens is 2. The number of oxime groups is 1. The van der Waals surface area contributed by atoms with Crippen molar-refractivity contribution in [3.63, 3.8) is 0 Å². The Balaban J connectivity index is 1.47. The summed E-state index contributed by atoms with van der Waals surface area (Å²) in [4.78, 5) is 7.77. The molecule has 0 bridgehead atoms. The third-order valence-electron chi connectivity index (χ3n) is 5.98. The van der Waals surface area contributed by atoms with Crippen molar-refractivity contribution in [3.8, 4) is 16.9 Å². The molecule has 1 unspecified atom stereocenters. The van der Waals surface area contributed by atoms with E-state index in [0.717, 1.165) is 40.9 Å². The van der Waals surface area contributed by atoms with Crippen LogP contribution in [0.15, 0.2) is 65.6 Å². The fourth-order valence-corrected chi connectivity index (χ4v) is 4.34. The molecule has 164 valence electrons. The van der Waals surface area contributed by atoms with Crippen LogP contribution >= 0.6 is 0 Å². The molecule has 0 spiro atoms. The summed E-state index contributed by atoms with van der Waals surface area (Å²) in [6.07, 6.45) is 7.35. The summed E-state index contributed by atoms with van der Waals surface area (Å²) in [7, 11) is 1.64. The topological polar surface area (TPSA) is 83.0 Å². The average Bonchev–Trinajstić information content (AvgIpc) is 3.49. The number of nitrogens with zero attached hydrogens (tertiary/aromatic N) is 3. The lowest BCUT2D eigenvalue weighted by Gasteiger charge is -2.38. The van der Waals surface area contributed by atoms with Crippen LogP contribution in [0.4, 0.5) is 4.39 Å². The molecule has 8 heteroatoms. The molecule has 32 heavy (non-hydrogen) atoms. The van der Waals surface area contributed by atoms with E-state index in [2.05, 4.69) is 21.4 Å². The molecule has 0 saturated carbocycles. The SMILES string of the molecule is COc1cc(C=C2CCCN3C2=NOC3(CO)c2ccc(F)cc2)ccc1-c1cn[nH]c1. The van der Waals surface area contributed by atoms with Gasteiger partial charge in [-0.3, -0.25) is 5.10 Å². The summed E-state index contributed by atoms with van der Waals surface area (Å²) >= 11 is 0. The first-order valence-corrected chi connectivity index (χ1v) is 10.4. The summed E-state index contributed by atoms with van der Waals surface area (Å²) in [5.41, 5.74) is 3.39. The Morgan fingerprint density at radius 1 is 1.28 bits per heavy atom. The number of benzene rings is 2. The zero-order valence-corrected chi connectivity index (χ0v) is 17.6. The summed E-state index contributed by atoms with van der Waals surface area (Å²) in [6.45, 7) is 0.378. The molecular formula is C24H23FN4O3. The number of aliphatic hydroxyl groups excluding tert-OH is 1. The lowest BCUT2D eigenvalue weighted by molar-refractivity contribution is -0.137. The normalized spacial score (nSPS) is 21.3. The number of hydrogen-bond acceptors (Lipinski definition) is 6. The van der Waals surface area contributed by atoms with E-state index in [-0.39, 0.29) is 12.4 Å². The number of H-pyrrole nitrogens is 1. The van der Waals surface area contributed by atoms with Gasteiger partial charge in [0.25, 0.3) is 5.72 Å². The molecule has 1 saturated heterocycles. The van der Waals surface area contributed by atoms with E-state index in [9.17, 15) is 9.50 Å². The summed E-state index contributed by atoms with van der Waals surface area (Å²) < 4.78 is 19.1. The number of aromatic amines is 1. The molecule has 0 aliphatic carbocycles. The number of halogens is 1. The van der Waals surface area contributed by atoms with Gasteiger partial charge in [-0.1, -0.05) is 11.2 Å². The van der Waals surface area contributed by atoms with E-state index in [1.54, 1.807) is 25.4 Å². The monoisotopic (exact) mass is 434 g/mol. The predicted molar refractivity (Wildman–Crippen MR) is 118 cm³/mol. The molecule has 1 atom stereocenters. The lowest BCUT2D eigenvalue weighted by atomic mass is 9.94. The van der Waals surface area contributed by atoms with Crippen molar-refractivity contribution in [2.75, 3.05) is 20.3 Å². The highest BCUT2D eigenvalue weighted by Gasteiger charge is 2.49. The Hall–Kier alpha value is -3.65. The number of nitrogens with one attached hydrogen (secondary N) is 1. The third-order valence-corrected chi connectivity index (χ3v) is 5.98. The fourth-order valence-electron chi connectivity index (χ4n) is 4.34. The van der Waals surface area contributed by atoms with Crippen molar-refractivity contribution >= 4 is 11.9 Å². The van der Waals surface area contributed by atoms with E-state index in [4.69, 9.17) is 9.57 Å². The molecular weight excluding hydrogens is 411 g/mol. The molecule has 5 rings (SSSR count). The molecule has 2 aliphatic heterocycles. The van der Waals surface area contributed by atoms with Crippen molar-refractivity contribution < 1.29 is 19.1 Å². The average molecular weight is 434 g/mol. The van der Waals surface area contributed by atoms with Crippen LogP contribution in [0, 0.1) is 5.82 Å². The molecule has 1 aromatic heterocycles. The minimum atomic E-state index is -1.15. The van der Waals surface area contributed by atoms with Gasteiger partial charge in [0.05, 0.1) is 13.3 Å². The van der Waals surface area contributed by atoms with Gasteiger partial charge in [0, 0.05) is 29.4 Å². The second-order valence-electron chi connectivity index (χ2n) is 7.83. The van der Waals surface area contributed by atoms with E-state index in [0.29, 0.717) is 17.9 Å². The van der Waals surface area contributed by atoms with Crippen LogP contribution in [-0.4, -0.2) is 46.3 Å². The number of piperidine rings is 1. The number of rotatable bonds is 5. The second kappa shape index (κ2) is 8.12. The smallest absolute Gasteiger partial charge is 0.260 e.